The molecule has 0 N–H and O–H groups in total. The number of hydrogen-bond acceptors (Lipinski definition) is 5. The molecule has 9 heteroatoms. The summed E-state index contributed by atoms with van der Waals surface area (Å²) in [5.41, 5.74) is 2.18. The van der Waals surface area contributed by atoms with Gasteiger partial charge < -0.3 is 14.0 Å². The zero-order chi connectivity index (χ0) is 21.0. The third kappa shape index (κ3) is 3.04. The highest BCUT2D eigenvalue weighted by molar-refractivity contribution is 8.00. The lowest BCUT2D eigenvalue weighted by molar-refractivity contribution is -0.142. The van der Waals surface area contributed by atoms with Gasteiger partial charge in [-0.2, -0.15) is 8.78 Å². The number of imidazole rings is 1. The zero-order valence-corrected chi connectivity index (χ0v) is 17.4. The average molecular weight is 451 g/mol. The minimum Gasteiger partial charge on any atom is -0.465 e. The van der Waals surface area contributed by atoms with Crippen LogP contribution in [0.1, 0.15) is 36.7 Å². The number of nitrogens with zero attached hydrogens (tertiary/aromatic N) is 2. The molecule has 0 amide bonds. The highest BCUT2D eigenvalue weighted by atomic mass is 35.5. The van der Waals surface area contributed by atoms with Crippen molar-refractivity contribution in [1.29, 1.82) is 0 Å². The van der Waals surface area contributed by atoms with Crippen LogP contribution in [0.5, 0.6) is 5.75 Å². The molecule has 0 fully saturated rings. The van der Waals surface area contributed by atoms with Crippen molar-refractivity contribution in [2.75, 3.05) is 6.61 Å². The number of alkyl halides is 2. The molecule has 3 atom stereocenters. The first-order chi connectivity index (χ1) is 14.5. The molecule has 5 rings (SSSR count). The maximum atomic E-state index is 13.1. The molecule has 1 unspecified atom stereocenters. The number of aromatic nitrogens is 2. The van der Waals surface area contributed by atoms with E-state index in [0.717, 1.165) is 21.8 Å². The van der Waals surface area contributed by atoms with Gasteiger partial charge in [0.2, 0.25) is 0 Å². The number of ether oxygens (including phenoxy) is 2. The summed E-state index contributed by atoms with van der Waals surface area (Å²) in [4.78, 5) is 18.3. The zero-order valence-electron chi connectivity index (χ0n) is 15.8. The monoisotopic (exact) mass is 450 g/mol. The van der Waals surface area contributed by atoms with Gasteiger partial charge in [0.15, 0.2) is 0 Å². The summed E-state index contributed by atoms with van der Waals surface area (Å²) >= 11 is 7.56. The maximum Gasteiger partial charge on any atom is 0.387 e. The van der Waals surface area contributed by atoms with Crippen molar-refractivity contribution in [2.24, 2.45) is 0 Å². The molecule has 3 aromatic rings. The Hall–Kier alpha value is -2.32. The number of fused-ring (bicyclic) bond motifs is 9. The van der Waals surface area contributed by atoms with Crippen LogP contribution in [0.3, 0.4) is 0 Å². The van der Waals surface area contributed by atoms with Crippen LogP contribution in [0.2, 0.25) is 5.02 Å². The van der Waals surface area contributed by atoms with Gasteiger partial charge >= 0.3 is 12.6 Å². The van der Waals surface area contributed by atoms with Gasteiger partial charge in [0, 0.05) is 21.4 Å². The number of benzene rings is 2. The quantitative estimate of drug-likeness (QED) is 0.498. The van der Waals surface area contributed by atoms with Gasteiger partial charge in [0.05, 0.1) is 23.7 Å². The van der Waals surface area contributed by atoms with E-state index in [9.17, 15) is 13.6 Å². The molecule has 0 saturated heterocycles. The van der Waals surface area contributed by atoms with E-state index in [1.807, 2.05) is 22.8 Å². The van der Waals surface area contributed by atoms with E-state index in [1.54, 1.807) is 19.1 Å². The van der Waals surface area contributed by atoms with Crippen LogP contribution in [0, 0.1) is 0 Å². The summed E-state index contributed by atoms with van der Waals surface area (Å²) in [5.74, 6) is 0.287. The minimum absolute atomic E-state index is 0.111. The number of carbonyl (C=O) groups is 1. The van der Waals surface area contributed by atoms with Crippen molar-refractivity contribution < 1.29 is 23.0 Å². The van der Waals surface area contributed by atoms with Crippen molar-refractivity contribution in [1.82, 2.24) is 9.55 Å². The van der Waals surface area contributed by atoms with E-state index in [1.165, 1.54) is 17.8 Å². The summed E-state index contributed by atoms with van der Waals surface area (Å²) in [7, 11) is 0. The van der Waals surface area contributed by atoms with Crippen LogP contribution >= 0.6 is 23.4 Å². The predicted octanol–water partition coefficient (Wildman–Crippen LogP) is 5.41. The Labute approximate surface area is 180 Å². The van der Waals surface area contributed by atoms with E-state index in [0.29, 0.717) is 17.0 Å². The number of halogens is 3. The Morgan fingerprint density at radius 1 is 1.37 bits per heavy atom. The van der Waals surface area contributed by atoms with Crippen LogP contribution in [0.15, 0.2) is 41.3 Å². The Morgan fingerprint density at radius 3 is 2.97 bits per heavy atom. The maximum absolute atomic E-state index is 13.1. The number of esters is 1. The first kappa shape index (κ1) is 19.6. The summed E-state index contributed by atoms with van der Waals surface area (Å²) < 4.78 is 38.5. The van der Waals surface area contributed by atoms with Crippen LogP contribution in [0.4, 0.5) is 8.78 Å². The molecule has 156 valence electrons. The number of thioether (sulfide) groups is 1. The molecular formula is C21H17ClF2N2O3S. The third-order valence-corrected chi connectivity index (χ3v) is 7.13. The van der Waals surface area contributed by atoms with Gasteiger partial charge in [0.1, 0.15) is 16.8 Å². The van der Waals surface area contributed by atoms with E-state index >= 15 is 0 Å². The van der Waals surface area contributed by atoms with Crippen LogP contribution in [-0.2, 0) is 9.53 Å². The molecule has 2 bridgehead atoms. The highest BCUT2D eigenvalue weighted by Gasteiger charge is 2.47. The lowest BCUT2D eigenvalue weighted by Gasteiger charge is -2.23. The molecule has 0 aliphatic carbocycles. The fourth-order valence-corrected chi connectivity index (χ4v) is 5.96. The molecule has 0 spiro atoms. The van der Waals surface area contributed by atoms with E-state index in [-0.39, 0.29) is 30.3 Å². The molecule has 2 aliphatic heterocycles. The van der Waals surface area contributed by atoms with Gasteiger partial charge in [-0.15, -0.1) is 11.8 Å². The smallest absolute Gasteiger partial charge is 0.387 e. The predicted molar refractivity (Wildman–Crippen MR) is 110 cm³/mol. The van der Waals surface area contributed by atoms with Crippen LogP contribution in [-0.4, -0.2) is 34.0 Å². The fraction of sp³-hybridized carbons (Fsp3) is 0.333. The largest absolute Gasteiger partial charge is 0.465 e. The molecule has 0 radical (unpaired) electrons. The van der Waals surface area contributed by atoms with Crippen molar-refractivity contribution in [2.45, 2.75) is 42.1 Å². The topological polar surface area (TPSA) is 53.4 Å². The van der Waals surface area contributed by atoms with Gasteiger partial charge in [-0.3, -0.25) is 4.79 Å². The molecule has 2 aliphatic rings. The van der Waals surface area contributed by atoms with E-state index in [4.69, 9.17) is 26.1 Å². The Kier molecular flexibility index (Phi) is 4.86. The Balaban J connectivity index is 1.76. The number of rotatable bonds is 4. The lowest BCUT2D eigenvalue weighted by Crippen LogP contribution is -2.26. The van der Waals surface area contributed by atoms with Crippen molar-refractivity contribution in [3.63, 3.8) is 0 Å². The summed E-state index contributed by atoms with van der Waals surface area (Å²) in [6.45, 7) is -0.924. The third-order valence-electron chi connectivity index (χ3n) is 5.51. The van der Waals surface area contributed by atoms with Crippen LogP contribution < -0.4 is 4.74 Å². The molecule has 30 heavy (non-hydrogen) atoms. The van der Waals surface area contributed by atoms with E-state index < -0.39 is 11.9 Å². The number of hydrogen-bond donors (Lipinski definition) is 0. The molecular weight excluding hydrogens is 434 g/mol. The van der Waals surface area contributed by atoms with Crippen molar-refractivity contribution in [3.8, 4) is 5.75 Å². The second kappa shape index (κ2) is 7.42. The molecule has 1 aromatic heterocycles. The molecule has 5 nitrogen and oxygen atoms in total. The number of carbonyl (C=O) groups excluding carboxylic acids is 1. The first-order valence-electron chi connectivity index (χ1n) is 9.56. The van der Waals surface area contributed by atoms with Gasteiger partial charge in [-0.05, 0) is 43.7 Å². The normalized spacial score (nSPS) is 22.0. The molecule has 0 saturated carbocycles. The van der Waals surface area contributed by atoms with Crippen molar-refractivity contribution >= 4 is 40.4 Å². The standard InChI is InChI=1S/C21H17ClF2N2O3S/c1-2-28-20(27)18-11-9-14(17-15(29-21(23)24)4-3-5-16(17)30-18)26-13-8-10(22)6-7-12(13)25-19(11)26/h3-8,11,14,18,21H,2,9H2,1H3/t11-,14+,18?/m0/s1. The molecule has 3 heterocycles. The highest BCUT2D eigenvalue weighted by Crippen LogP contribution is 2.55. The van der Waals surface area contributed by atoms with Gasteiger partial charge in [-0.1, -0.05) is 17.7 Å². The molecule has 2 aromatic carbocycles. The Morgan fingerprint density at radius 2 is 2.20 bits per heavy atom. The van der Waals surface area contributed by atoms with Crippen LogP contribution in [0.25, 0.3) is 11.0 Å². The summed E-state index contributed by atoms with van der Waals surface area (Å²) in [6, 6.07) is 10.1. The summed E-state index contributed by atoms with van der Waals surface area (Å²) in [5, 5.41) is 0.0159. The second-order valence-electron chi connectivity index (χ2n) is 7.17. The average Bonchev–Trinajstić information content (AvgIpc) is 3.17. The van der Waals surface area contributed by atoms with Gasteiger partial charge in [0.25, 0.3) is 0 Å². The minimum atomic E-state index is -2.95. The lowest BCUT2D eigenvalue weighted by atomic mass is 9.95. The first-order valence-corrected chi connectivity index (χ1v) is 10.8. The van der Waals surface area contributed by atoms with E-state index in [2.05, 4.69) is 0 Å². The van der Waals surface area contributed by atoms with Gasteiger partial charge in [-0.25, -0.2) is 4.98 Å². The second-order valence-corrected chi connectivity index (χ2v) is 8.79. The fourth-order valence-electron chi connectivity index (χ4n) is 4.44. The summed E-state index contributed by atoms with van der Waals surface area (Å²) in [6.07, 6.45) is 0.540. The Bertz CT molecular complexity index is 1150. The van der Waals surface area contributed by atoms with Crippen molar-refractivity contribution in [3.05, 3.63) is 52.8 Å². The SMILES string of the molecule is CCOC(=O)C1Sc2cccc(OC(F)F)c2[C@H]2C[C@@H]1c1nc3ccc(Cl)cc3n12.